The van der Waals surface area contributed by atoms with Crippen molar-refractivity contribution in [3.63, 3.8) is 0 Å². The number of ether oxygens (including phenoxy) is 1. The van der Waals surface area contributed by atoms with E-state index in [1.165, 1.54) is 17.7 Å². The molecule has 6 heteroatoms. The molecule has 0 bridgehead atoms. The van der Waals surface area contributed by atoms with Crippen molar-refractivity contribution in [2.75, 3.05) is 32.8 Å². The summed E-state index contributed by atoms with van der Waals surface area (Å²) in [6.45, 7) is 7.68. The maximum Gasteiger partial charge on any atom is 0.191 e. The van der Waals surface area contributed by atoms with Crippen LogP contribution in [0.4, 0.5) is 4.39 Å². The van der Waals surface area contributed by atoms with Gasteiger partial charge in [-0.1, -0.05) is 42.5 Å². The predicted octanol–water partition coefficient (Wildman–Crippen LogP) is 3.56. The first-order valence-electron chi connectivity index (χ1n) is 10.9. The SMILES string of the molecule is CCNC(=NCCOCc1ccccc1)NC1CCN(Cc2ccc(F)cc2)CC1. The van der Waals surface area contributed by atoms with Gasteiger partial charge >= 0.3 is 0 Å². The molecule has 162 valence electrons. The van der Waals surface area contributed by atoms with Gasteiger partial charge < -0.3 is 15.4 Å². The molecule has 0 aromatic heterocycles. The number of rotatable bonds is 9. The largest absolute Gasteiger partial charge is 0.375 e. The number of piperidine rings is 1. The predicted molar refractivity (Wildman–Crippen MR) is 120 cm³/mol. The van der Waals surface area contributed by atoms with Gasteiger partial charge in [0.05, 0.1) is 19.8 Å². The van der Waals surface area contributed by atoms with Crippen molar-refractivity contribution in [2.24, 2.45) is 4.99 Å². The van der Waals surface area contributed by atoms with Crippen molar-refractivity contribution in [2.45, 2.75) is 39.0 Å². The second-order valence-electron chi connectivity index (χ2n) is 7.62. The molecule has 2 aromatic carbocycles. The average Bonchev–Trinajstić information content (AvgIpc) is 2.77. The molecule has 1 heterocycles. The molecule has 30 heavy (non-hydrogen) atoms. The quantitative estimate of drug-likeness (QED) is 0.376. The number of hydrogen-bond donors (Lipinski definition) is 2. The van der Waals surface area contributed by atoms with E-state index in [1.807, 2.05) is 30.3 Å². The highest BCUT2D eigenvalue weighted by molar-refractivity contribution is 5.80. The minimum Gasteiger partial charge on any atom is -0.375 e. The molecule has 1 saturated heterocycles. The Bertz CT molecular complexity index is 759. The maximum absolute atomic E-state index is 13.1. The Hall–Kier alpha value is -2.44. The zero-order valence-corrected chi connectivity index (χ0v) is 17.8. The zero-order chi connectivity index (χ0) is 21.0. The lowest BCUT2D eigenvalue weighted by Gasteiger charge is -2.33. The molecular formula is C24H33FN4O. The summed E-state index contributed by atoms with van der Waals surface area (Å²) in [4.78, 5) is 7.08. The van der Waals surface area contributed by atoms with E-state index in [2.05, 4.69) is 39.6 Å². The van der Waals surface area contributed by atoms with E-state index in [9.17, 15) is 4.39 Å². The van der Waals surface area contributed by atoms with E-state index >= 15 is 0 Å². The highest BCUT2D eigenvalue weighted by atomic mass is 19.1. The Morgan fingerprint density at radius 2 is 1.80 bits per heavy atom. The molecule has 0 amide bonds. The van der Waals surface area contributed by atoms with Crippen LogP contribution in [0.25, 0.3) is 0 Å². The minimum atomic E-state index is -0.178. The van der Waals surface area contributed by atoms with Crippen LogP contribution in [-0.4, -0.2) is 49.7 Å². The lowest BCUT2D eigenvalue weighted by Crippen LogP contribution is -2.48. The van der Waals surface area contributed by atoms with Gasteiger partial charge in [-0.15, -0.1) is 0 Å². The fourth-order valence-corrected chi connectivity index (χ4v) is 3.58. The van der Waals surface area contributed by atoms with Gasteiger partial charge in [0.1, 0.15) is 5.82 Å². The first-order chi connectivity index (χ1) is 14.7. The fraction of sp³-hybridized carbons (Fsp3) is 0.458. The van der Waals surface area contributed by atoms with Gasteiger partial charge in [0, 0.05) is 32.2 Å². The maximum atomic E-state index is 13.1. The molecule has 0 spiro atoms. The lowest BCUT2D eigenvalue weighted by molar-refractivity contribution is 0.128. The number of likely N-dealkylation sites (tertiary alicyclic amines) is 1. The van der Waals surface area contributed by atoms with Crippen LogP contribution >= 0.6 is 0 Å². The van der Waals surface area contributed by atoms with Crippen LogP contribution in [0.2, 0.25) is 0 Å². The van der Waals surface area contributed by atoms with Crippen LogP contribution in [0.5, 0.6) is 0 Å². The number of halogens is 1. The molecule has 0 unspecified atom stereocenters. The van der Waals surface area contributed by atoms with E-state index in [-0.39, 0.29) is 5.82 Å². The summed E-state index contributed by atoms with van der Waals surface area (Å²) in [5.41, 5.74) is 2.34. The van der Waals surface area contributed by atoms with Gasteiger partial charge in [-0.3, -0.25) is 9.89 Å². The highest BCUT2D eigenvalue weighted by Crippen LogP contribution is 2.14. The molecule has 5 nitrogen and oxygen atoms in total. The number of nitrogens with zero attached hydrogens (tertiary/aromatic N) is 2. The van der Waals surface area contributed by atoms with Crippen LogP contribution in [0.3, 0.4) is 0 Å². The van der Waals surface area contributed by atoms with E-state index in [0.717, 1.165) is 50.5 Å². The lowest BCUT2D eigenvalue weighted by atomic mass is 10.0. The minimum absolute atomic E-state index is 0.178. The molecule has 0 aliphatic carbocycles. The van der Waals surface area contributed by atoms with Crippen molar-refractivity contribution in [3.8, 4) is 0 Å². The zero-order valence-electron chi connectivity index (χ0n) is 17.8. The summed E-state index contributed by atoms with van der Waals surface area (Å²) in [5.74, 6) is 0.681. The van der Waals surface area contributed by atoms with Crippen molar-refractivity contribution in [3.05, 3.63) is 71.5 Å². The van der Waals surface area contributed by atoms with E-state index in [4.69, 9.17) is 4.74 Å². The molecule has 1 aliphatic heterocycles. The molecule has 2 N–H and O–H groups in total. The summed E-state index contributed by atoms with van der Waals surface area (Å²) in [6.07, 6.45) is 2.13. The number of nitrogens with one attached hydrogen (secondary N) is 2. The van der Waals surface area contributed by atoms with Gasteiger partial charge in [-0.2, -0.15) is 0 Å². The third kappa shape index (κ3) is 7.76. The molecule has 0 atom stereocenters. The third-order valence-electron chi connectivity index (χ3n) is 5.21. The number of benzene rings is 2. The fourth-order valence-electron chi connectivity index (χ4n) is 3.58. The number of aliphatic imine (C=N–C) groups is 1. The van der Waals surface area contributed by atoms with Crippen LogP contribution < -0.4 is 10.6 Å². The summed E-state index contributed by atoms with van der Waals surface area (Å²) in [5, 5.41) is 6.89. The normalized spacial score (nSPS) is 15.9. The van der Waals surface area contributed by atoms with Crippen molar-refractivity contribution in [1.82, 2.24) is 15.5 Å². The van der Waals surface area contributed by atoms with Crippen LogP contribution in [0, 0.1) is 5.82 Å². The smallest absolute Gasteiger partial charge is 0.191 e. The highest BCUT2D eigenvalue weighted by Gasteiger charge is 2.20. The Morgan fingerprint density at radius 1 is 1.07 bits per heavy atom. The topological polar surface area (TPSA) is 48.9 Å². The van der Waals surface area contributed by atoms with Gasteiger partial charge in [-0.25, -0.2) is 4.39 Å². The molecule has 3 rings (SSSR count). The Morgan fingerprint density at radius 3 is 2.50 bits per heavy atom. The molecule has 1 fully saturated rings. The number of hydrogen-bond acceptors (Lipinski definition) is 3. The molecule has 0 saturated carbocycles. The molecule has 1 aliphatic rings. The monoisotopic (exact) mass is 412 g/mol. The van der Waals surface area contributed by atoms with E-state index < -0.39 is 0 Å². The van der Waals surface area contributed by atoms with Crippen LogP contribution in [0.15, 0.2) is 59.6 Å². The Balaban J connectivity index is 1.37. The van der Waals surface area contributed by atoms with Gasteiger partial charge in [0.15, 0.2) is 5.96 Å². The van der Waals surface area contributed by atoms with Crippen molar-refractivity contribution >= 4 is 5.96 Å². The molecule has 2 aromatic rings. The van der Waals surface area contributed by atoms with Crippen LogP contribution in [0.1, 0.15) is 30.9 Å². The standard InChI is InChI=1S/C24H33FN4O/c1-2-26-24(27-14-17-30-19-21-6-4-3-5-7-21)28-23-12-15-29(16-13-23)18-20-8-10-22(25)11-9-20/h3-11,23H,2,12-19H2,1H3,(H2,26,27,28). The summed E-state index contributed by atoms with van der Waals surface area (Å²) >= 11 is 0. The number of guanidine groups is 1. The second-order valence-corrected chi connectivity index (χ2v) is 7.62. The van der Waals surface area contributed by atoms with E-state index in [1.54, 1.807) is 0 Å². The Kier molecular flexibility index (Phi) is 9.12. The third-order valence-corrected chi connectivity index (χ3v) is 5.21. The van der Waals surface area contributed by atoms with Gasteiger partial charge in [0.25, 0.3) is 0 Å². The molecular weight excluding hydrogens is 379 g/mol. The van der Waals surface area contributed by atoms with E-state index in [0.29, 0.717) is 25.8 Å². The first kappa shape index (κ1) is 22.2. The van der Waals surface area contributed by atoms with Gasteiger partial charge in [0.2, 0.25) is 0 Å². The van der Waals surface area contributed by atoms with Gasteiger partial charge in [-0.05, 0) is 43.0 Å². The second kappa shape index (κ2) is 12.3. The average molecular weight is 413 g/mol. The summed E-state index contributed by atoms with van der Waals surface area (Å²) in [7, 11) is 0. The van der Waals surface area contributed by atoms with Crippen molar-refractivity contribution in [1.29, 1.82) is 0 Å². The molecule has 0 radical (unpaired) electrons. The first-order valence-corrected chi connectivity index (χ1v) is 10.9. The summed E-state index contributed by atoms with van der Waals surface area (Å²) < 4.78 is 18.8. The Labute approximate surface area is 179 Å². The summed E-state index contributed by atoms with van der Waals surface area (Å²) in [6, 6.07) is 17.4. The van der Waals surface area contributed by atoms with Crippen molar-refractivity contribution < 1.29 is 9.13 Å². The van der Waals surface area contributed by atoms with Crippen LogP contribution in [-0.2, 0) is 17.9 Å².